The Morgan fingerprint density at radius 2 is 1.80 bits per heavy atom. The fourth-order valence-corrected chi connectivity index (χ4v) is 2.95. The zero-order valence-electron chi connectivity index (χ0n) is 13.7. The predicted octanol–water partition coefficient (Wildman–Crippen LogP) is 3.32. The lowest BCUT2D eigenvalue weighted by atomic mass is 10.1. The Balaban J connectivity index is 2.15. The van der Waals surface area contributed by atoms with E-state index in [1.165, 1.54) is 16.4 Å². The Kier molecular flexibility index (Phi) is 5.83. The van der Waals surface area contributed by atoms with E-state index in [0.717, 1.165) is 19.1 Å². The van der Waals surface area contributed by atoms with Crippen molar-refractivity contribution in [3.8, 4) is 11.5 Å². The Bertz CT molecular complexity index is 801. The first-order valence-electron chi connectivity index (χ1n) is 7.56. The molecule has 0 unspecified atom stereocenters. The maximum atomic E-state index is 12.5. The van der Waals surface area contributed by atoms with Crippen molar-refractivity contribution in [3.05, 3.63) is 35.7 Å². The third-order valence-electron chi connectivity index (χ3n) is 3.46. The van der Waals surface area contributed by atoms with Crippen molar-refractivity contribution in [2.75, 3.05) is 12.8 Å². The van der Waals surface area contributed by atoms with E-state index < -0.39 is 22.1 Å². The molecular formula is C15H18F3N3O3S. The van der Waals surface area contributed by atoms with Crippen molar-refractivity contribution < 1.29 is 26.0 Å². The molecule has 0 aliphatic rings. The minimum atomic E-state index is -4.69. The molecule has 0 aliphatic heterocycles. The lowest BCUT2D eigenvalue weighted by Gasteiger charge is -2.19. The summed E-state index contributed by atoms with van der Waals surface area (Å²) in [5.41, 5.74) is 1.03. The van der Waals surface area contributed by atoms with Crippen molar-refractivity contribution in [2.45, 2.75) is 32.5 Å². The number of rotatable bonds is 7. The molecule has 138 valence electrons. The summed E-state index contributed by atoms with van der Waals surface area (Å²) in [5.74, 6) is -1.65. The molecule has 1 aromatic heterocycles. The van der Waals surface area contributed by atoms with Gasteiger partial charge in [0.05, 0.1) is 6.26 Å². The molecule has 1 heterocycles. The van der Waals surface area contributed by atoms with Gasteiger partial charge in [0.2, 0.25) is 15.9 Å². The van der Waals surface area contributed by atoms with Crippen LogP contribution in [0.2, 0.25) is 0 Å². The van der Waals surface area contributed by atoms with Gasteiger partial charge in [0.1, 0.15) is 0 Å². The van der Waals surface area contributed by atoms with E-state index in [0.29, 0.717) is 17.7 Å². The molecule has 0 spiro atoms. The molecule has 2 rings (SSSR count). The van der Waals surface area contributed by atoms with Crippen LogP contribution in [0.1, 0.15) is 31.2 Å². The number of sulfonamides is 1. The van der Waals surface area contributed by atoms with Crippen LogP contribution in [-0.4, -0.2) is 35.7 Å². The van der Waals surface area contributed by atoms with Crippen LogP contribution in [0.5, 0.6) is 0 Å². The molecule has 1 aromatic carbocycles. The van der Waals surface area contributed by atoms with Gasteiger partial charge < -0.3 is 4.42 Å². The monoisotopic (exact) mass is 377 g/mol. The van der Waals surface area contributed by atoms with Crippen LogP contribution in [0.15, 0.2) is 28.7 Å². The summed E-state index contributed by atoms with van der Waals surface area (Å²) in [6.07, 6.45) is -1.94. The average Bonchev–Trinajstić information content (AvgIpc) is 3.01. The standard InChI is InChI=1S/C15H18F3N3O3S/c1-3-4-9-21(25(2,22)23)10-11-5-7-12(8-6-11)13-19-20-14(24-13)15(16,17)18/h5-8H,3-4,9-10H2,1-2H3. The van der Waals surface area contributed by atoms with Gasteiger partial charge in [0.15, 0.2) is 0 Å². The van der Waals surface area contributed by atoms with Gasteiger partial charge in [-0.3, -0.25) is 0 Å². The van der Waals surface area contributed by atoms with Gasteiger partial charge in [0, 0.05) is 18.7 Å². The molecule has 0 aliphatic carbocycles. The summed E-state index contributed by atoms with van der Waals surface area (Å²) in [7, 11) is -3.34. The van der Waals surface area contributed by atoms with Crippen LogP contribution in [0, 0.1) is 0 Å². The first kappa shape index (κ1) is 19.4. The fraction of sp³-hybridized carbons (Fsp3) is 0.467. The summed E-state index contributed by atoms with van der Waals surface area (Å²) >= 11 is 0. The van der Waals surface area contributed by atoms with Crippen molar-refractivity contribution in [2.24, 2.45) is 0 Å². The SMILES string of the molecule is CCCCN(Cc1ccc(-c2nnc(C(F)(F)F)o2)cc1)S(C)(=O)=O. The lowest BCUT2D eigenvalue weighted by Crippen LogP contribution is -2.30. The summed E-state index contributed by atoms with van der Waals surface area (Å²) in [4.78, 5) is 0. The minimum Gasteiger partial charge on any atom is -0.413 e. The largest absolute Gasteiger partial charge is 0.470 e. The summed E-state index contributed by atoms with van der Waals surface area (Å²) in [5, 5.41) is 6.35. The molecule has 0 amide bonds. The van der Waals surface area contributed by atoms with Crippen LogP contribution in [-0.2, 0) is 22.7 Å². The maximum Gasteiger partial charge on any atom is 0.470 e. The van der Waals surface area contributed by atoms with E-state index in [1.807, 2.05) is 6.92 Å². The number of benzene rings is 1. The highest BCUT2D eigenvalue weighted by molar-refractivity contribution is 7.88. The van der Waals surface area contributed by atoms with Gasteiger partial charge in [-0.15, -0.1) is 10.2 Å². The molecule has 0 N–H and O–H groups in total. The van der Waals surface area contributed by atoms with Crippen molar-refractivity contribution in [3.63, 3.8) is 0 Å². The van der Waals surface area contributed by atoms with Crippen LogP contribution in [0.4, 0.5) is 13.2 Å². The number of hydrogen-bond acceptors (Lipinski definition) is 5. The maximum absolute atomic E-state index is 12.5. The highest BCUT2D eigenvalue weighted by Gasteiger charge is 2.38. The molecule has 0 atom stereocenters. The Hall–Kier alpha value is -1.94. The van der Waals surface area contributed by atoms with E-state index in [2.05, 4.69) is 14.6 Å². The molecule has 0 bridgehead atoms. The molecular weight excluding hydrogens is 359 g/mol. The van der Waals surface area contributed by atoms with E-state index in [-0.39, 0.29) is 12.4 Å². The predicted molar refractivity (Wildman–Crippen MR) is 84.9 cm³/mol. The third-order valence-corrected chi connectivity index (χ3v) is 4.71. The number of halogens is 3. The number of unbranched alkanes of at least 4 members (excludes halogenated alkanes) is 1. The molecule has 2 aromatic rings. The van der Waals surface area contributed by atoms with Gasteiger partial charge in [-0.2, -0.15) is 17.5 Å². The fourth-order valence-electron chi connectivity index (χ4n) is 2.11. The van der Waals surface area contributed by atoms with Crippen molar-refractivity contribution in [1.82, 2.24) is 14.5 Å². The number of nitrogens with zero attached hydrogens (tertiary/aromatic N) is 3. The van der Waals surface area contributed by atoms with Crippen LogP contribution in [0.3, 0.4) is 0 Å². The van der Waals surface area contributed by atoms with E-state index in [1.54, 1.807) is 12.1 Å². The molecule has 0 saturated heterocycles. The third kappa shape index (κ3) is 5.27. The minimum absolute atomic E-state index is 0.191. The number of hydrogen-bond donors (Lipinski definition) is 0. The zero-order chi connectivity index (χ0) is 18.7. The Morgan fingerprint density at radius 3 is 2.28 bits per heavy atom. The van der Waals surface area contributed by atoms with Crippen molar-refractivity contribution in [1.29, 1.82) is 0 Å². The molecule has 0 radical (unpaired) electrons. The first-order valence-corrected chi connectivity index (χ1v) is 9.41. The topological polar surface area (TPSA) is 76.3 Å². The van der Waals surface area contributed by atoms with Gasteiger partial charge >= 0.3 is 12.1 Å². The van der Waals surface area contributed by atoms with Crippen molar-refractivity contribution >= 4 is 10.0 Å². The highest BCUT2D eigenvalue weighted by Crippen LogP contribution is 2.30. The molecule has 0 saturated carbocycles. The van der Waals surface area contributed by atoms with Gasteiger partial charge in [-0.25, -0.2) is 8.42 Å². The lowest BCUT2D eigenvalue weighted by molar-refractivity contribution is -0.156. The van der Waals surface area contributed by atoms with Crippen LogP contribution < -0.4 is 0 Å². The van der Waals surface area contributed by atoms with E-state index >= 15 is 0 Å². The van der Waals surface area contributed by atoms with Gasteiger partial charge in [-0.05, 0) is 24.1 Å². The molecule has 6 nitrogen and oxygen atoms in total. The second-order valence-electron chi connectivity index (χ2n) is 5.56. The summed E-state index contributed by atoms with van der Waals surface area (Å²) in [6.45, 7) is 2.57. The van der Waals surface area contributed by atoms with Crippen LogP contribution >= 0.6 is 0 Å². The second kappa shape index (κ2) is 7.52. The summed E-state index contributed by atoms with van der Waals surface area (Å²) in [6, 6.07) is 6.28. The summed E-state index contributed by atoms with van der Waals surface area (Å²) < 4.78 is 67.0. The number of alkyl halides is 3. The molecule has 10 heteroatoms. The molecule has 25 heavy (non-hydrogen) atoms. The van der Waals surface area contributed by atoms with Gasteiger partial charge in [-0.1, -0.05) is 25.5 Å². The van der Waals surface area contributed by atoms with Crippen LogP contribution in [0.25, 0.3) is 11.5 Å². The molecule has 0 fully saturated rings. The normalized spacial score (nSPS) is 12.7. The average molecular weight is 377 g/mol. The van der Waals surface area contributed by atoms with E-state index in [9.17, 15) is 21.6 Å². The highest BCUT2D eigenvalue weighted by atomic mass is 32.2. The quantitative estimate of drug-likeness (QED) is 0.740. The Labute approximate surface area is 143 Å². The smallest absolute Gasteiger partial charge is 0.413 e. The zero-order valence-corrected chi connectivity index (χ0v) is 14.6. The number of aromatic nitrogens is 2. The van der Waals surface area contributed by atoms with Gasteiger partial charge in [0.25, 0.3) is 0 Å². The second-order valence-corrected chi connectivity index (χ2v) is 7.54. The Morgan fingerprint density at radius 1 is 1.16 bits per heavy atom. The first-order chi connectivity index (χ1) is 11.6. The van der Waals surface area contributed by atoms with E-state index in [4.69, 9.17) is 0 Å².